The van der Waals surface area contributed by atoms with E-state index in [9.17, 15) is 9.50 Å². The van der Waals surface area contributed by atoms with Crippen molar-refractivity contribution in [1.29, 1.82) is 0 Å². The van der Waals surface area contributed by atoms with Crippen LogP contribution in [0.4, 0.5) is 10.1 Å². The minimum atomic E-state index is -0.543. The van der Waals surface area contributed by atoms with Crippen LogP contribution in [0.1, 0.15) is 12.0 Å². The Hall–Kier alpha value is -1.29. The summed E-state index contributed by atoms with van der Waals surface area (Å²) < 4.78 is 12.3. The van der Waals surface area contributed by atoms with Gasteiger partial charge < -0.3 is 15.7 Å². The predicted octanol–water partition coefficient (Wildman–Crippen LogP) is 1.64. The number of hydrogen-bond acceptors (Lipinski definition) is 3. The van der Waals surface area contributed by atoms with Crippen LogP contribution in [-0.4, -0.2) is 24.2 Å². The third-order valence-electron chi connectivity index (χ3n) is 2.64. The summed E-state index contributed by atoms with van der Waals surface area (Å²) in [5, 5.41) is 16.1. The van der Waals surface area contributed by atoms with Gasteiger partial charge in [-0.3, -0.25) is 0 Å². The van der Waals surface area contributed by atoms with Crippen LogP contribution in [0, 0.1) is 0 Å². The van der Waals surface area contributed by atoms with E-state index in [-0.39, 0.29) is 5.75 Å². The van der Waals surface area contributed by atoms with Crippen molar-refractivity contribution in [2.45, 2.75) is 19.1 Å². The Morgan fingerprint density at radius 3 is 3.00 bits per heavy atom. The summed E-state index contributed by atoms with van der Waals surface area (Å²) in [6.07, 6.45) is 1.05. The molecule has 0 saturated carbocycles. The van der Waals surface area contributed by atoms with E-state index >= 15 is 0 Å². The first kappa shape index (κ1) is 10.2. The van der Waals surface area contributed by atoms with Crippen molar-refractivity contribution in [1.82, 2.24) is 5.32 Å². The van der Waals surface area contributed by atoms with Crippen molar-refractivity contribution in [2.75, 3.05) is 18.4 Å². The van der Waals surface area contributed by atoms with Gasteiger partial charge in [0.2, 0.25) is 0 Å². The number of anilines is 1. The molecular weight excluding hydrogens is 195 g/mol. The molecule has 0 radical (unpaired) electrons. The minimum Gasteiger partial charge on any atom is -0.506 e. The van der Waals surface area contributed by atoms with Crippen molar-refractivity contribution in [3.8, 4) is 5.75 Å². The Bertz CT molecular complexity index is 337. The van der Waals surface area contributed by atoms with Crippen molar-refractivity contribution in [2.24, 2.45) is 0 Å². The molecule has 2 rings (SSSR count). The monoisotopic (exact) mass is 210 g/mol. The van der Waals surface area contributed by atoms with Crippen LogP contribution in [-0.2, 0) is 6.67 Å². The first-order valence-electron chi connectivity index (χ1n) is 5.14. The molecule has 0 aliphatic carbocycles. The van der Waals surface area contributed by atoms with Gasteiger partial charge in [-0.25, -0.2) is 4.39 Å². The molecule has 0 spiro atoms. The van der Waals surface area contributed by atoms with Crippen LogP contribution in [0.15, 0.2) is 18.2 Å². The third-order valence-corrected chi connectivity index (χ3v) is 2.64. The number of phenols is 1. The van der Waals surface area contributed by atoms with Crippen LogP contribution < -0.4 is 10.6 Å². The van der Waals surface area contributed by atoms with E-state index in [4.69, 9.17) is 0 Å². The van der Waals surface area contributed by atoms with Crippen molar-refractivity contribution in [3.05, 3.63) is 23.8 Å². The van der Waals surface area contributed by atoms with Gasteiger partial charge in [-0.15, -0.1) is 0 Å². The maximum Gasteiger partial charge on any atom is 0.139 e. The summed E-state index contributed by atoms with van der Waals surface area (Å²) in [6, 6.07) is 5.23. The smallest absolute Gasteiger partial charge is 0.139 e. The summed E-state index contributed by atoms with van der Waals surface area (Å²) in [7, 11) is 0. The lowest BCUT2D eigenvalue weighted by molar-refractivity contribution is 0.464. The van der Waals surface area contributed by atoms with Gasteiger partial charge in [-0.2, -0.15) is 0 Å². The van der Waals surface area contributed by atoms with Crippen LogP contribution in [0.3, 0.4) is 0 Å². The zero-order chi connectivity index (χ0) is 10.7. The van der Waals surface area contributed by atoms with Gasteiger partial charge in [0.1, 0.15) is 12.4 Å². The molecule has 0 bridgehead atoms. The van der Waals surface area contributed by atoms with Crippen molar-refractivity contribution in [3.63, 3.8) is 0 Å². The summed E-state index contributed by atoms with van der Waals surface area (Å²) in [5.74, 6) is 0.122. The van der Waals surface area contributed by atoms with Crippen molar-refractivity contribution >= 4 is 5.69 Å². The van der Waals surface area contributed by atoms with E-state index in [1.807, 2.05) is 0 Å². The molecule has 0 amide bonds. The zero-order valence-corrected chi connectivity index (χ0v) is 8.46. The normalized spacial score (nSPS) is 20.5. The van der Waals surface area contributed by atoms with Gasteiger partial charge in [0, 0.05) is 12.6 Å². The molecule has 3 nitrogen and oxygen atoms in total. The van der Waals surface area contributed by atoms with E-state index in [0.717, 1.165) is 19.5 Å². The predicted molar refractivity (Wildman–Crippen MR) is 57.8 cm³/mol. The Balaban J connectivity index is 2.07. The Kier molecular flexibility index (Phi) is 3.06. The lowest BCUT2D eigenvalue weighted by atomic mass is 10.2. The highest BCUT2D eigenvalue weighted by Gasteiger charge is 2.15. The van der Waals surface area contributed by atoms with Crippen LogP contribution in [0.2, 0.25) is 0 Å². The Labute approximate surface area is 88.3 Å². The second kappa shape index (κ2) is 4.49. The second-order valence-electron chi connectivity index (χ2n) is 3.82. The fraction of sp³-hybridized carbons (Fsp3) is 0.455. The number of aromatic hydroxyl groups is 1. The molecule has 1 aliphatic rings. The highest BCUT2D eigenvalue weighted by molar-refractivity contribution is 5.57. The van der Waals surface area contributed by atoms with Gasteiger partial charge in [-0.05, 0) is 30.7 Å². The number of benzene rings is 1. The highest BCUT2D eigenvalue weighted by atomic mass is 19.1. The summed E-state index contributed by atoms with van der Waals surface area (Å²) in [6.45, 7) is 1.37. The van der Waals surface area contributed by atoms with Gasteiger partial charge in [-0.1, -0.05) is 6.07 Å². The molecule has 1 aromatic carbocycles. The molecule has 0 aromatic heterocycles. The number of alkyl halides is 1. The fourth-order valence-electron chi connectivity index (χ4n) is 1.78. The average Bonchev–Trinajstić information content (AvgIpc) is 2.74. The molecule has 1 heterocycles. The van der Waals surface area contributed by atoms with E-state index in [0.29, 0.717) is 17.3 Å². The van der Waals surface area contributed by atoms with Gasteiger partial charge in [0.05, 0.1) is 5.69 Å². The Morgan fingerprint density at radius 2 is 2.40 bits per heavy atom. The lowest BCUT2D eigenvalue weighted by Gasteiger charge is -2.14. The lowest BCUT2D eigenvalue weighted by Crippen LogP contribution is -2.22. The van der Waals surface area contributed by atoms with E-state index in [1.165, 1.54) is 6.07 Å². The SMILES string of the molecule is Oc1cc(CF)ccc1NC1CCNC1. The number of rotatable bonds is 3. The Morgan fingerprint density at radius 1 is 1.53 bits per heavy atom. The summed E-state index contributed by atoms with van der Waals surface area (Å²) in [4.78, 5) is 0. The molecule has 1 aromatic rings. The minimum absolute atomic E-state index is 0.122. The molecule has 1 aliphatic heterocycles. The van der Waals surface area contributed by atoms with E-state index < -0.39 is 6.67 Å². The number of halogens is 1. The van der Waals surface area contributed by atoms with Gasteiger partial charge in [0.15, 0.2) is 0 Å². The largest absolute Gasteiger partial charge is 0.506 e. The average molecular weight is 210 g/mol. The summed E-state index contributed by atoms with van der Waals surface area (Å²) in [5.41, 5.74) is 1.18. The molecule has 82 valence electrons. The molecule has 1 unspecified atom stereocenters. The highest BCUT2D eigenvalue weighted by Crippen LogP contribution is 2.26. The second-order valence-corrected chi connectivity index (χ2v) is 3.82. The number of phenolic OH excluding ortho intramolecular Hbond substituents is 1. The van der Waals surface area contributed by atoms with Gasteiger partial charge in [0.25, 0.3) is 0 Å². The van der Waals surface area contributed by atoms with E-state index in [2.05, 4.69) is 10.6 Å². The topological polar surface area (TPSA) is 44.3 Å². The first-order chi connectivity index (χ1) is 7.29. The number of hydrogen-bond donors (Lipinski definition) is 3. The van der Waals surface area contributed by atoms with Crippen molar-refractivity contribution < 1.29 is 9.50 Å². The maximum atomic E-state index is 12.3. The van der Waals surface area contributed by atoms with Crippen LogP contribution >= 0.6 is 0 Å². The molecular formula is C11H15FN2O. The van der Waals surface area contributed by atoms with Crippen LogP contribution in [0.5, 0.6) is 5.75 Å². The third kappa shape index (κ3) is 2.39. The zero-order valence-electron chi connectivity index (χ0n) is 8.46. The number of nitrogens with one attached hydrogen (secondary N) is 2. The van der Waals surface area contributed by atoms with Gasteiger partial charge >= 0.3 is 0 Å². The standard InChI is InChI=1S/C11H15FN2O/c12-6-8-1-2-10(11(15)5-8)14-9-3-4-13-7-9/h1-2,5,9,13-15H,3-4,6-7H2. The van der Waals surface area contributed by atoms with E-state index in [1.54, 1.807) is 12.1 Å². The molecule has 15 heavy (non-hydrogen) atoms. The fourth-order valence-corrected chi connectivity index (χ4v) is 1.78. The maximum absolute atomic E-state index is 12.3. The molecule has 1 fully saturated rings. The molecule has 1 atom stereocenters. The molecule has 4 heteroatoms. The first-order valence-corrected chi connectivity index (χ1v) is 5.14. The van der Waals surface area contributed by atoms with Crippen LogP contribution in [0.25, 0.3) is 0 Å². The summed E-state index contributed by atoms with van der Waals surface area (Å²) >= 11 is 0. The quantitative estimate of drug-likeness (QED) is 0.664. The molecule has 3 N–H and O–H groups in total. The molecule has 1 saturated heterocycles.